The van der Waals surface area contributed by atoms with Gasteiger partial charge >= 0.3 is 11.9 Å². The van der Waals surface area contributed by atoms with E-state index in [1.54, 1.807) is 0 Å². The standard InChI is InChI=1S/C88H139NO8/c1-6-8-10-12-14-16-18-20-22-24-26-28-30-32-34-36-38-40-42-43-45-46-48-50-52-54-56-58-60-62-64-66-68-70-72-74-76-78-85(90)95-82-84(83-96-88(87(92)93)94-81-80-89(3,4)5)97-86(91)79-77-75-73-71-69-67-65-63-61-59-57-55-53-51-49-47-44-41-39-37-35-33-31-29-27-25-23-21-19-17-15-13-11-9-7-2/h8-11,14-17,20-23,26-29,32-35,38-41,43,45,47-50,53,55,59,61,84,88H,6-7,12-13,18-19,24-25,30-31,36-37,42,44,46,51-52,54,56-58,60,62-83H2,1-5H3/b10-8-,11-9-,16-14-,17-15-,22-20-,23-21-,28-26-,29-27-,34-32-,35-33-,40-38-,41-39-,45-43-,49-47-,50-48-,55-53-,61-59-. The number of ether oxygens (including phenoxy) is 4. The van der Waals surface area contributed by atoms with E-state index in [-0.39, 0.29) is 38.6 Å². The number of aliphatic carboxylic acids is 1. The zero-order valence-corrected chi connectivity index (χ0v) is 62.1. The molecule has 9 heteroatoms. The van der Waals surface area contributed by atoms with Crippen molar-refractivity contribution in [2.75, 3.05) is 47.5 Å². The second kappa shape index (κ2) is 75.6. The van der Waals surface area contributed by atoms with Crippen LogP contribution in [0.5, 0.6) is 0 Å². The molecule has 0 heterocycles. The summed E-state index contributed by atoms with van der Waals surface area (Å²) >= 11 is 0. The van der Waals surface area contributed by atoms with Crippen LogP contribution in [0.2, 0.25) is 0 Å². The number of carboxylic acids is 1. The minimum atomic E-state index is -1.64. The highest BCUT2D eigenvalue weighted by molar-refractivity contribution is 5.70. The minimum Gasteiger partial charge on any atom is -0.545 e. The van der Waals surface area contributed by atoms with Gasteiger partial charge in [-0.2, -0.15) is 0 Å². The maximum atomic E-state index is 13.0. The van der Waals surface area contributed by atoms with Crippen LogP contribution in [0, 0.1) is 0 Å². The molecule has 0 bridgehead atoms. The minimum absolute atomic E-state index is 0.134. The fourth-order valence-corrected chi connectivity index (χ4v) is 9.78. The van der Waals surface area contributed by atoms with E-state index in [2.05, 4.69) is 220 Å². The molecular formula is C88H139NO8. The van der Waals surface area contributed by atoms with Gasteiger partial charge in [0.05, 0.1) is 40.3 Å². The topological polar surface area (TPSA) is 111 Å². The number of hydrogen-bond donors (Lipinski definition) is 0. The monoisotopic (exact) mass is 1340 g/mol. The van der Waals surface area contributed by atoms with Crippen molar-refractivity contribution in [3.8, 4) is 0 Å². The second-order valence-corrected chi connectivity index (χ2v) is 25.8. The van der Waals surface area contributed by atoms with Crippen LogP contribution in [0.1, 0.15) is 271 Å². The predicted octanol–water partition coefficient (Wildman–Crippen LogP) is 23.4. The van der Waals surface area contributed by atoms with Gasteiger partial charge in [-0.15, -0.1) is 0 Å². The summed E-state index contributed by atoms with van der Waals surface area (Å²) < 4.78 is 22.8. The molecule has 9 nitrogen and oxygen atoms in total. The number of esters is 2. The molecule has 0 saturated heterocycles. The van der Waals surface area contributed by atoms with E-state index in [4.69, 9.17) is 18.9 Å². The molecule has 0 aliphatic heterocycles. The molecule has 0 aromatic heterocycles. The largest absolute Gasteiger partial charge is 0.545 e. The molecule has 0 N–H and O–H groups in total. The van der Waals surface area contributed by atoms with Crippen LogP contribution in [-0.2, 0) is 33.3 Å². The lowest BCUT2D eigenvalue weighted by atomic mass is 10.0. The SMILES string of the molecule is CC/C=C\C/C=C\C/C=C\C/C=C\C/C=C\C/C=C\C/C=C\C/C=C\C/C=C\CCCCCCCCCC(=O)OC(COC(=O)CCCCCCCCCCCCCC/C=C\C/C=C\C/C=C\C/C=C\C/C=C\C/C=C\C/C=C\C/C=C\CC)COC(OCC[N+](C)(C)C)C(=O)[O-]. The first-order valence-corrected chi connectivity index (χ1v) is 38.2. The Morgan fingerprint density at radius 3 is 0.825 bits per heavy atom. The zero-order chi connectivity index (χ0) is 70.4. The summed E-state index contributed by atoms with van der Waals surface area (Å²) in [5.74, 6) is -2.32. The van der Waals surface area contributed by atoms with Crippen molar-refractivity contribution in [3.63, 3.8) is 0 Å². The first-order chi connectivity index (χ1) is 47.6. The lowest BCUT2D eigenvalue weighted by Crippen LogP contribution is -2.44. The average Bonchev–Trinajstić information content (AvgIpc) is 3.74. The molecule has 0 amide bonds. The number of carboxylic acid groups (broad SMARTS) is 1. The Labute approximate surface area is 594 Å². The van der Waals surface area contributed by atoms with Gasteiger partial charge in [-0.3, -0.25) is 9.59 Å². The number of hydrogen-bond acceptors (Lipinski definition) is 8. The Morgan fingerprint density at radius 2 is 0.557 bits per heavy atom. The van der Waals surface area contributed by atoms with E-state index in [1.807, 2.05) is 21.1 Å². The van der Waals surface area contributed by atoms with Crippen LogP contribution >= 0.6 is 0 Å². The third-order valence-corrected chi connectivity index (χ3v) is 15.5. The van der Waals surface area contributed by atoms with E-state index in [1.165, 1.54) is 70.6 Å². The van der Waals surface area contributed by atoms with Gasteiger partial charge in [0, 0.05) is 12.8 Å². The molecule has 0 aromatic rings. The number of likely N-dealkylation sites (N-methyl/N-ethyl adjacent to an activating group) is 1. The number of quaternary nitrogens is 1. The molecule has 97 heavy (non-hydrogen) atoms. The zero-order valence-electron chi connectivity index (χ0n) is 62.1. The average molecular weight is 1340 g/mol. The van der Waals surface area contributed by atoms with Crippen molar-refractivity contribution in [3.05, 3.63) is 207 Å². The number of carbonyl (C=O) groups excluding carboxylic acids is 3. The Hall–Kier alpha value is -6.13. The first kappa shape index (κ1) is 90.9. The van der Waals surface area contributed by atoms with Gasteiger partial charge in [0.2, 0.25) is 0 Å². The highest BCUT2D eigenvalue weighted by Crippen LogP contribution is 2.16. The normalized spacial score (nSPS) is 13.9. The highest BCUT2D eigenvalue weighted by Gasteiger charge is 2.22. The maximum Gasteiger partial charge on any atom is 0.306 e. The van der Waals surface area contributed by atoms with Crippen LogP contribution in [0.4, 0.5) is 0 Å². The van der Waals surface area contributed by atoms with E-state index in [0.717, 1.165) is 167 Å². The number of nitrogens with zero attached hydrogens (tertiary/aromatic N) is 1. The van der Waals surface area contributed by atoms with Gasteiger partial charge in [-0.1, -0.05) is 317 Å². The van der Waals surface area contributed by atoms with Gasteiger partial charge in [0.15, 0.2) is 12.4 Å². The molecular weight excluding hydrogens is 1200 g/mol. The summed E-state index contributed by atoms with van der Waals surface area (Å²) in [7, 11) is 5.92. The summed E-state index contributed by atoms with van der Waals surface area (Å²) in [6.07, 6.45) is 115. The number of rotatable bonds is 68. The van der Waals surface area contributed by atoms with Gasteiger partial charge < -0.3 is 33.3 Å². The van der Waals surface area contributed by atoms with E-state index in [9.17, 15) is 19.5 Å². The van der Waals surface area contributed by atoms with Gasteiger partial charge in [0.25, 0.3) is 0 Å². The maximum absolute atomic E-state index is 13.0. The van der Waals surface area contributed by atoms with Gasteiger partial charge in [0.1, 0.15) is 13.2 Å². The Kier molecular flexibility index (Phi) is 70.9. The van der Waals surface area contributed by atoms with Crippen LogP contribution in [0.3, 0.4) is 0 Å². The van der Waals surface area contributed by atoms with Crippen LogP contribution in [0.15, 0.2) is 207 Å². The Morgan fingerprint density at radius 1 is 0.309 bits per heavy atom. The fourth-order valence-electron chi connectivity index (χ4n) is 9.78. The lowest BCUT2D eigenvalue weighted by molar-refractivity contribution is -0.870. The third kappa shape index (κ3) is 77.1. The number of carbonyl (C=O) groups is 3. The van der Waals surface area contributed by atoms with E-state index >= 15 is 0 Å². The van der Waals surface area contributed by atoms with Crippen molar-refractivity contribution >= 4 is 17.9 Å². The first-order valence-electron chi connectivity index (χ1n) is 38.2. The van der Waals surface area contributed by atoms with Crippen LogP contribution in [0.25, 0.3) is 0 Å². The fraction of sp³-hybridized carbons (Fsp3) is 0.580. The second-order valence-electron chi connectivity index (χ2n) is 25.8. The van der Waals surface area contributed by atoms with Gasteiger partial charge in [-0.25, -0.2) is 0 Å². The molecule has 0 fully saturated rings. The number of unbranched alkanes of at least 4 members (excludes halogenated alkanes) is 19. The molecule has 0 aliphatic rings. The molecule has 0 saturated carbocycles. The van der Waals surface area contributed by atoms with E-state index in [0.29, 0.717) is 17.4 Å². The molecule has 544 valence electrons. The predicted molar refractivity (Wildman–Crippen MR) is 416 cm³/mol. The number of allylic oxidation sites excluding steroid dienone is 34. The molecule has 0 aromatic carbocycles. The molecule has 2 atom stereocenters. The van der Waals surface area contributed by atoms with Crippen molar-refractivity contribution in [2.45, 2.75) is 283 Å². The molecule has 0 rings (SSSR count). The lowest BCUT2D eigenvalue weighted by Gasteiger charge is -2.26. The summed E-state index contributed by atoms with van der Waals surface area (Å²) in [6.45, 7) is 4.49. The summed E-state index contributed by atoms with van der Waals surface area (Å²) in [5.41, 5.74) is 0. The van der Waals surface area contributed by atoms with Crippen molar-refractivity contribution < 1.29 is 42.9 Å². The van der Waals surface area contributed by atoms with Crippen molar-refractivity contribution in [1.29, 1.82) is 0 Å². The summed E-state index contributed by atoms with van der Waals surface area (Å²) in [6, 6.07) is 0. The third-order valence-electron chi connectivity index (χ3n) is 15.5. The van der Waals surface area contributed by atoms with E-state index < -0.39 is 24.3 Å². The molecule has 0 aliphatic carbocycles. The van der Waals surface area contributed by atoms with Gasteiger partial charge in [-0.05, 0) is 148 Å². The van der Waals surface area contributed by atoms with Crippen LogP contribution < -0.4 is 5.11 Å². The molecule has 0 spiro atoms. The Balaban J connectivity index is 4.18. The van der Waals surface area contributed by atoms with Crippen LogP contribution in [-0.4, -0.2) is 82.3 Å². The smallest absolute Gasteiger partial charge is 0.306 e. The van der Waals surface area contributed by atoms with Crippen molar-refractivity contribution in [1.82, 2.24) is 0 Å². The quantitative estimate of drug-likeness (QED) is 0.0195. The summed E-state index contributed by atoms with van der Waals surface area (Å²) in [5, 5.41) is 11.9. The molecule has 0 radical (unpaired) electrons. The Bertz CT molecular complexity index is 2350. The molecule has 2 unspecified atom stereocenters. The highest BCUT2D eigenvalue weighted by atomic mass is 16.7. The summed E-state index contributed by atoms with van der Waals surface area (Å²) in [4.78, 5) is 37.6. The van der Waals surface area contributed by atoms with Crippen molar-refractivity contribution in [2.24, 2.45) is 0 Å².